The normalized spacial score (nSPS) is 18.9. The lowest BCUT2D eigenvalue weighted by atomic mass is 10.0. The number of nitrogens with zero attached hydrogens (tertiary/aromatic N) is 1. The number of anilines is 2. The largest absolute Gasteiger partial charge is 0.477 e. The molecule has 0 unspecified atom stereocenters. The van der Waals surface area contributed by atoms with E-state index in [-0.39, 0.29) is 28.5 Å². The molecule has 4 rings (SSSR count). The average molecular weight is 563 g/mol. The third-order valence-electron chi connectivity index (χ3n) is 5.44. The molecule has 1 saturated heterocycles. The number of rotatable bonds is 8. The van der Waals surface area contributed by atoms with Crippen LogP contribution >= 0.6 is 24.0 Å². The van der Waals surface area contributed by atoms with Gasteiger partial charge in [0.15, 0.2) is 5.11 Å². The van der Waals surface area contributed by atoms with Crippen LogP contribution in [-0.2, 0) is 29.1 Å². The van der Waals surface area contributed by atoms with Gasteiger partial charge in [-0.3, -0.25) is 14.5 Å². The molecule has 37 heavy (non-hydrogen) atoms. The lowest BCUT2D eigenvalue weighted by molar-refractivity contribution is -0.148. The van der Waals surface area contributed by atoms with Gasteiger partial charge in [-0.05, 0) is 48.6 Å². The zero-order chi connectivity index (χ0) is 26.7. The van der Waals surface area contributed by atoms with Crippen molar-refractivity contribution in [3.8, 4) is 0 Å². The van der Waals surface area contributed by atoms with Gasteiger partial charge in [-0.15, -0.1) is 11.8 Å². The van der Waals surface area contributed by atoms with E-state index in [1.54, 1.807) is 0 Å². The molecule has 11 nitrogen and oxygen atoms in total. The monoisotopic (exact) mass is 562 g/mol. The Balaban J connectivity index is 1.41. The van der Waals surface area contributed by atoms with Crippen molar-refractivity contribution in [2.45, 2.75) is 23.2 Å². The van der Waals surface area contributed by atoms with Crippen LogP contribution in [0.1, 0.15) is 6.92 Å². The standard InChI is InChI=1S/C23H22N4O7S3/c1-13(28)34-11-14-12-36-21-18(20(29)27(21)19(14)22(30)31)26-37(32,33)17-9-7-16(8-10-17)25-23(35)24-15-5-3-2-4-6-15/h2-10,18,21,26H,11-12H2,1H3,(H,30,31)(H2,24,25,35)/t18-,21-/m1/s1. The molecule has 0 spiro atoms. The van der Waals surface area contributed by atoms with Gasteiger partial charge in [-0.25, -0.2) is 13.2 Å². The number of carboxylic acid groups (broad SMARTS) is 1. The topological polar surface area (TPSA) is 154 Å². The quantitative estimate of drug-likeness (QED) is 0.212. The van der Waals surface area contributed by atoms with E-state index in [1.807, 2.05) is 30.3 Å². The Bertz CT molecular complexity index is 1380. The van der Waals surface area contributed by atoms with Crippen LogP contribution in [0.2, 0.25) is 0 Å². The van der Waals surface area contributed by atoms with E-state index < -0.39 is 39.3 Å². The van der Waals surface area contributed by atoms with E-state index in [4.69, 9.17) is 17.0 Å². The number of thioether (sulfide) groups is 1. The molecule has 2 aliphatic heterocycles. The van der Waals surface area contributed by atoms with E-state index in [9.17, 15) is 27.9 Å². The number of carbonyl (C=O) groups is 3. The van der Waals surface area contributed by atoms with Crippen molar-refractivity contribution in [2.75, 3.05) is 23.0 Å². The highest BCUT2D eigenvalue weighted by Gasteiger charge is 2.55. The molecule has 1 fully saturated rings. The van der Waals surface area contributed by atoms with Crippen molar-refractivity contribution in [1.82, 2.24) is 9.62 Å². The fourth-order valence-electron chi connectivity index (χ4n) is 3.73. The second-order valence-electron chi connectivity index (χ2n) is 8.02. The Kier molecular flexibility index (Phi) is 7.82. The van der Waals surface area contributed by atoms with Gasteiger partial charge >= 0.3 is 11.9 Å². The summed E-state index contributed by atoms with van der Waals surface area (Å²) in [6.07, 6.45) is 0. The average Bonchev–Trinajstić information content (AvgIpc) is 2.86. The van der Waals surface area contributed by atoms with Gasteiger partial charge in [0, 0.05) is 29.6 Å². The minimum Gasteiger partial charge on any atom is -0.477 e. The maximum atomic E-state index is 13.0. The van der Waals surface area contributed by atoms with Crippen molar-refractivity contribution in [1.29, 1.82) is 0 Å². The summed E-state index contributed by atoms with van der Waals surface area (Å²) in [5.41, 5.74) is 1.32. The molecular formula is C23H22N4O7S3. The number of carbonyl (C=O) groups excluding carboxylic acids is 2. The molecule has 194 valence electrons. The van der Waals surface area contributed by atoms with Crippen molar-refractivity contribution in [3.63, 3.8) is 0 Å². The Labute approximate surface area is 222 Å². The maximum Gasteiger partial charge on any atom is 0.352 e. The van der Waals surface area contributed by atoms with Gasteiger partial charge in [0.25, 0.3) is 0 Å². The molecule has 0 aliphatic carbocycles. The smallest absolute Gasteiger partial charge is 0.352 e. The third kappa shape index (κ3) is 5.93. The van der Waals surface area contributed by atoms with Crippen LogP contribution in [-0.4, -0.2) is 65.2 Å². The van der Waals surface area contributed by atoms with Crippen LogP contribution < -0.4 is 15.4 Å². The molecule has 1 amide bonds. The molecule has 14 heteroatoms. The van der Waals surface area contributed by atoms with E-state index in [1.165, 1.54) is 43.0 Å². The fourth-order valence-corrected chi connectivity index (χ4v) is 6.57. The minimum absolute atomic E-state index is 0.0726. The van der Waals surface area contributed by atoms with Crippen LogP contribution in [0, 0.1) is 0 Å². The van der Waals surface area contributed by atoms with Gasteiger partial charge in [0.2, 0.25) is 15.9 Å². The highest BCUT2D eigenvalue weighted by Crippen LogP contribution is 2.40. The number of aliphatic carboxylic acids is 1. The van der Waals surface area contributed by atoms with Gasteiger partial charge in [0.1, 0.15) is 23.7 Å². The highest BCUT2D eigenvalue weighted by molar-refractivity contribution is 8.00. The Morgan fingerprint density at radius 3 is 2.32 bits per heavy atom. The molecule has 2 aromatic carbocycles. The predicted molar refractivity (Wildman–Crippen MR) is 141 cm³/mol. The number of hydrogen-bond donors (Lipinski definition) is 4. The lowest BCUT2D eigenvalue weighted by Crippen LogP contribution is -2.70. The second-order valence-corrected chi connectivity index (χ2v) is 11.2. The number of nitrogens with one attached hydrogen (secondary N) is 3. The number of thiocarbonyl (C=S) groups is 1. The molecule has 0 bridgehead atoms. The molecule has 2 heterocycles. The number of fused-ring (bicyclic) bond motifs is 1. The van der Waals surface area contributed by atoms with Crippen LogP contribution in [0.3, 0.4) is 0 Å². The second kappa shape index (κ2) is 10.9. The molecule has 2 atom stereocenters. The first-order valence-electron chi connectivity index (χ1n) is 10.9. The van der Waals surface area contributed by atoms with Crippen molar-refractivity contribution < 1.29 is 32.6 Å². The molecular weight excluding hydrogens is 540 g/mol. The maximum absolute atomic E-state index is 13.0. The number of esters is 1. The molecule has 2 aromatic rings. The Hall–Kier alpha value is -3.46. The van der Waals surface area contributed by atoms with Crippen LogP contribution in [0.4, 0.5) is 11.4 Å². The Morgan fingerprint density at radius 1 is 1.11 bits per heavy atom. The molecule has 0 saturated carbocycles. The van der Waals surface area contributed by atoms with Crippen LogP contribution in [0.25, 0.3) is 0 Å². The first-order chi connectivity index (χ1) is 17.6. The van der Waals surface area contributed by atoms with Crippen molar-refractivity contribution in [2.24, 2.45) is 0 Å². The first-order valence-corrected chi connectivity index (χ1v) is 13.8. The van der Waals surface area contributed by atoms with Crippen LogP contribution in [0.5, 0.6) is 0 Å². The van der Waals surface area contributed by atoms with E-state index in [0.717, 1.165) is 10.6 Å². The first kappa shape index (κ1) is 26.6. The fraction of sp³-hybridized carbons (Fsp3) is 0.217. The van der Waals surface area contributed by atoms with Gasteiger partial charge in [-0.1, -0.05) is 18.2 Å². The number of hydrogen-bond acceptors (Lipinski definition) is 8. The SMILES string of the molecule is CC(=O)OCC1=C(C(=O)O)N2C(=O)[C@@H](NS(=O)(=O)c3ccc(NC(=S)Nc4ccccc4)cc3)[C@H]2SC1. The van der Waals surface area contributed by atoms with Gasteiger partial charge < -0.3 is 20.5 Å². The van der Waals surface area contributed by atoms with Crippen LogP contribution in [0.15, 0.2) is 70.8 Å². The Morgan fingerprint density at radius 2 is 1.73 bits per heavy atom. The summed E-state index contributed by atoms with van der Waals surface area (Å²) in [7, 11) is -4.09. The summed E-state index contributed by atoms with van der Waals surface area (Å²) in [5.74, 6) is -2.47. The van der Waals surface area contributed by atoms with Crippen molar-refractivity contribution in [3.05, 3.63) is 65.9 Å². The predicted octanol–water partition coefficient (Wildman–Crippen LogP) is 1.96. The molecule has 4 N–H and O–H groups in total. The number of β-lactam (4-membered cyclic amide) rings is 1. The summed E-state index contributed by atoms with van der Waals surface area (Å²) in [5, 5.41) is 15.2. The van der Waals surface area contributed by atoms with Gasteiger partial charge in [0.05, 0.1) is 4.90 Å². The number of benzene rings is 2. The minimum atomic E-state index is -4.09. The third-order valence-corrected chi connectivity index (χ3v) is 8.44. The number of ether oxygens (including phenoxy) is 1. The van der Waals surface area contributed by atoms with E-state index in [2.05, 4.69) is 15.4 Å². The molecule has 2 aliphatic rings. The number of para-hydroxylation sites is 1. The summed E-state index contributed by atoms with van der Waals surface area (Å²) < 4.78 is 33.2. The lowest BCUT2D eigenvalue weighted by Gasteiger charge is -2.49. The number of sulfonamides is 1. The summed E-state index contributed by atoms with van der Waals surface area (Å²) >= 11 is 6.46. The zero-order valence-corrected chi connectivity index (χ0v) is 21.8. The number of amides is 1. The van der Waals surface area contributed by atoms with E-state index in [0.29, 0.717) is 10.8 Å². The summed E-state index contributed by atoms with van der Waals surface area (Å²) in [4.78, 5) is 36.6. The summed E-state index contributed by atoms with van der Waals surface area (Å²) in [6.45, 7) is 0.930. The molecule has 0 aromatic heterocycles. The van der Waals surface area contributed by atoms with Gasteiger partial charge in [-0.2, -0.15) is 4.72 Å². The highest BCUT2D eigenvalue weighted by atomic mass is 32.2. The zero-order valence-electron chi connectivity index (χ0n) is 19.3. The van der Waals surface area contributed by atoms with E-state index >= 15 is 0 Å². The van der Waals surface area contributed by atoms with Crippen molar-refractivity contribution >= 4 is 68.3 Å². The molecule has 0 radical (unpaired) electrons. The summed E-state index contributed by atoms with van der Waals surface area (Å²) in [6, 6.07) is 13.9. The number of carboxylic acids is 1.